The molecule has 1 fully saturated rings. The number of nitrogens with one attached hydrogen (secondary N) is 1. The van der Waals surface area contributed by atoms with E-state index in [-0.39, 0.29) is 5.92 Å². The topological polar surface area (TPSA) is 39.1 Å². The molecule has 1 saturated carbocycles. The van der Waals surface area contributed by atoms with Crippen LogP contribution in [0.4, 0.5) is 0 Å². The second kappa shape index (κ2) is 6.98. The summed E-state index contributed by atoms with van der Waals surface area (Å²) in [5, 5.41) is 12.8. The van der Waals surface area contributed by atoms with Crippen LogP contribution in [-0.2, 0) is 0 Å². The first-order valence-corrected chi connectivity index (χ1v) is 6.83. The summed E-state index contributed by atoms with van der Waals surface area (Å²) in [6.07, 6.45) is 4.63. The molecule has 0 aromatic carbocycles. The Balaban J connectivity index is 2.50. The summed E-state index contributed by atoms with van der Waals surface area (Å²) in [6.45, 7) is 5.59. The quantitative estimate of drug-likeness (QED) is 0.770. The Labute approximate surface area is 106 Å². The van der Waals surface area contributed by atoms with Gasteiger partial charge in [0.05, 0.1) is 12.0 Å². The first-order chi connectivity index (χ1) is 8.02. The lowest BCUT2D eigenvalue weighted by molar-refractivity contribution is 0.277. The maximum absolute atomic E-state index is 9.11. The fourth-order valence-corrected chi connectivity index (χ4v) is 2.82. The van der Waals surface area contributed by atoms with Gasteiger partial charge in [-0.1, -0.05) is 20.3 Å². The fourth-order valence-electron chi connectivity index (χ4n) is 2.82. The van der Waals surface area contributed by atoms with E-state index in [1.54, 1.807) is 0 Å². The lowest BCUT2D eigenvalue weighted by atomic mass is 9.99. The van der Waals surface area contributed by atoms with Crippen LogP contribution < -0.4 is 5.32 Å². The minimum atomic E-state index is 0.229. The predicted octanol–water partition coefficient (Wildman–Crippen LogP) is 2.24. The number of nitrogens with zero attached hydrogens (tertiary/aromatic N) is 2. The van der Waals surface area contributed by atoms with Crippen molar-refractivity contribution >= 4 is 0 Å². The Hall–Kier alpha value is -0.590. The Morgan fingerprint density at radius 3 is 2.59 bits per heavy atom. The van der Waals surface area contributed by atoms with Crippen molar-refractivity contribution < 1.29 is 0 Å². The van der Waals surface area contributed by atoms with E-state index >= 15 is 0 Å². The third-order valence-electron chi connectivity index (χ3n) is 3.47. The molecule has 1 rings (SSSR count). The molecule has 0 radical (unpaired) electrons. The van der Waals surface area contributed by atoms with Crippen molar-refractivity contribution in [3.8, 4) is 6.07 Å². The van der Waals surface area contributed by atoms with Gasteiger partial charge in [0, 0.05) is 18.6 Å². The molecule has 3 unspecified atom stereocenters. The first kappa shape index (κ1) is 14.5. The predicted molar refractivity (Wildman–Crippen MR) is 71.7 cm³/mol. The standard InChI is InChI=1S/C14H27N3/c1-11(2)8-13(10-17(3)4)16-14-7-5-6-12(14)9-15/h11-14,16H,5-8,10H2,1-4H3. The molecule has 3 heteroatoms. The summed E-state index contributed by atoms with van der Waals surface area (Å²) in [7, 11) is 4.23. The van der Waals surface area contributed by atoms with Gasteiger partial charge < -0.3 is 10.2 Å². The zero-order valence-corrected chi connectivity index (χ0v) is 11.7. The van der Waals surface area contributed by atoms with E-state index in [4.69, 9.17) is 5.26 Å². The van der Waals surface area contributed by atoms with Gasteiger partial charge in [-0.05, 0) is 39.3 Å². The Kier molecular flexibility index (Phi) is 5.94. The molecule has 0 aromatic rings. The van der Waals surface area contributed by atoms with Crippen LogP contribution in [-0.4, -0.2) is 37.6 Å². The maximum Gasteiger partial charge on any atom is 0.0672 e. The Morgan fingerprint density at radius 1 is 1.35 bits per heavy atom. The maximum atomic E-state index is 9.11. The average Bonchev–Trinajstić information content (AvgIpc) is 2.62. The highest BCUT2D eigenvalue weighted by Gasteiger charge is 2.29. The SMILES string of the molecule is CC(C)CC(CN(C)C)NC1CCCC1C#N. The highest BCUT2D eigenvalue weighted by Crippen LogP contribution is 2.25. The van der Waals surface area contributed by atoms with Crippen LogP contribution in [0.2, 0.25) is 0 Å². The van der Waals surface area contributed by atoms with Crippen molar-refractivity contribution in [1.82, 2.24) is 10.2 Å². The van der Waals surface area contributed by atoms with Crippen LogP contribution >= 0.6 is 0 Å². The molecular weight excluding hydrogens is 210 g/mol. The molecule has 0 heterocycles. The van der Waals surface area contributed by atoms with E-state index in [0.29, 0.717) is 18.0 Å². The van der Waals surface area contributed by atoms with Crippen molar-refractivity contribution in [2.45, 2.75) is 51.6 Å². The van der Waals surface area contributed by atoms with Crippen LogP contribution in [0.5, 0.6) is 0 Å². The Morgan fingerprint density at radius 2 is 2.06 bits per heavy atom. The Bertz CT molecular complexity index is 245. The number of nitriles is 1. The monoisotopic (exact) mass is 237 g/mol. The molecule has 1 aliphatic rings. The molecule has 0 aromatic heterocycles. The van der Waals surface area contributed by atoms with Crippen LogP contribution in [0.1, 0.15) is 39.5 Å². The molecule has 17 heavy (non-hydrogen) atoms. The van der Waals surface area contributed by atoms with Gasteiger partial charge in [0.1, 0.15) is 0 Å². The van der Waals surface area contributed by atoms with Crippen molar-refractivity contribution in [2.24, 2.45) is 11.8 Å². The molecule has 0 saturated heterocycles. The molecule has 0 aliphatic heterocycles. The first-order valence-electron chi connectivity index (χ1n) is 6.83. The molecular formula is C14H27N3. The van der Waals surface area contributed by atoms with Crippen LogP contribution in [0.25, 0.3) is 0 Å². The molecule has 0 bridgehead atoms. The van der Waals surface area contributed by atoms with Gasteiger partial charge in [0.2, 0.25) is 0 Å². The van der Waals surface area contributed by atoms with Crippen molar-refractivity contribution in [3.63, 3.8) is 0 Å². The number of rotatable bonds is 6. The van der Waals surface area contributed by atoms with E-state index in [9.17, 15) is 0 Å². The summed E-state index contributed by atoms with van der Waals surface area (Å²) in [5.74, 6) is 0.932. The normalized spacial score (nSPS) is 26.4. The molecule has 1 N–H and O–H groups in total. The summed E-state index contributed by atoms with van der Waals surface area (Å²) < 4.78 is 0. The van der Waals surface area contributed by atoms with Gasteiger partial charge in [-0.25, -0.2) is 0 Å². The zero-order chi connectivity index (χ0) is 12.8. The molecule has 98 valence electrons. The number of hydrogen-bond acceptors (Lipinski definition) is 3. The summed E-state index contributed by atoms with van der Waals surface area (Å²) in [4.78, 5) is 2.23. The molecule has 1 aliphatic carbocycles. The molecule has 0 spiro atoms. The molecule has 3 atom stereocenters. The average molecular weight is 237 g/mol. The van der Waals surface area contributed by atoms with Gasteiger partial charge in [-0.3, -0.25) is 0 Å². The highest BCUT2D eigenvalue weighted by molar-refractivity contribution is 4.97. The molecule has 3 nitrogen and oxygen atoms in total. The molecule has 0 amide bonds. The third-order valence-corrected chi connectivity index (χ3v) is 3.47. The van der Waals surface area contributed by atoms with E-state index in [1.807, 2.05) is 0 Å². The van der Waals surface area contributed by atoms with E-state index in [2.05, 4.69) is 44.2 Å². The van der Waals surface area contributed by atoms with Gasteiger partial charge in [-0.15, -0.1) is 0 Å². The zero-order valence-electron chi connectivity index (χ0n) is 11.7. The second-order valence-electron chi connectivity index (χ2n) is 6.03. The smallest absolute Gasteiger partial charge is 0.0672 e. The van der Waals surface area contributed by atoms with Crippen LogP contribution in [0.3, 0.4) is 0 Å². The lowest BCUT2D eigenvalue weighted by Crippen LogP contribution is -2.45. The second-order valence-corrected chi connectivity index (χ2v) is 6.03. The highest BCUT2D eigenvalue weighted by atomic mass is 15.1. The fraction of sp³-hybridized carbons (Fsp3) is 0.929. The summed E-state index contributed by atoms with van der Waals surface area (Å²) in [6, 6.07) is 3.39. The largest absolute Gasteiger partial charge is 0.309 e. The van der Waals surface area contributed by atoms with Gasteiger partial charge in [0.15, 0.2) is 0 Å². The number of likely N-dealkylation sites (N-methyl/N-ethyl adjacent to an activating group) is 1. The van der Waals surface area contributed by atoms with E-state index in [1.165, 1.54) is 19.3 Å². The number of hydrogen-bond donors (Lipinski definition) is 1. The van der Waals surface area contributed by atoms with Crippen molar-refractivity contribution in [2.75, 3.05) is 20.6 Å². The van der Waals surface area contributed by atoms with Gasteiger partial charge in [-0.2, -0.15) is 5.26 Å². The summed E-state index contributed by atoms with van der Waals surface area (Å²) in [5.41, 5.74) is 0. The van der Waals surface area contributed by atoms with Gasteiger partial charge >= 0.3 is 0 Å². The summed E-state index contributed by atoms with van der Waals surface area (Å²) >= 11 is 0. The van der Waals surface area contributed by atoms with E-state index < -0.39 is 0 Å². The third kappa shape index (κ3) is 5.06. The van der Waals surface area contributed by atoms with Crippen molar-refractivity contribution in [3.05, 3.63) is 0 Å². The minimum Gasteiger partial charge on any atom is -0.309 e. The van der Waals surface area contributed by atoms with Crippen LogP contribution in [0.15, 0.2) is 0 Å². The lowest BCUT2D eigenvalue weighted by Gasteiger charge is -2.28. The van der Waals surface area contributed by atoms with E-state index in [0.717, 1.165) is 13.0 Å². The van der Waals surface area contributed by atoms with Crippen molar-refractivity contribution in [1.29, 1.82) is 5.26 Å². The minimum absolute atomic E-state index is 0.229. The van der Waals surface area contributed by atoms with Crippen LogP contribution in [0, 0.1) is 23.2 Å². The van der Waals surface area contributed by atoms with Gasteiger partial charge in [0.25, 0.3) is 0 Å².